The van der Waals surface area contributed by atoms with Gasteiger partial charge in [-0.05, 0) is 31.1 Å². The molecule has 0 aromatic carbocycles. The average Bonchev–Trinajstić information content (AvgIpc) is 2.65. The number of anilines is 1. The van der Waals surface area contributed by atoms with E-state index in [1.165, 1.54) is 6.42 Å². The summed E-state index contributed by atoms with van der Waals surface area (Å²) in [6.07, 6.45) is 2.53. The molecule has 1 aromatic heterocycles. The zero-order valence-corrected chi connectivity index (χ0v) is 8.14. The van der Waals surface area contributed by atoms with Gasteiger partial charge in [-0.2, -0.15) is 0 Å². The van der Waals surface area contributed by atoms with Gasteiger partial charge in [-0.25, -0.2) is 0 Å². The van der Waals surface area contributed by atoms with Gasteiger partial charge in [0.05, 0.1) is 0 Å². The van der Waals surface area contributed by atoms with Crippen LogP contribution in [0.15, 0.2) is 10.6 Å². The zero-order chi connectivity index (χ0) is 10.6. The van der Waals surface area contributed by atoms with Gasteiger partial charge in [0.1, 0.15) is 11.1 Å². The van der Waals surface area contributed by atoms with Gasteiger partial charge in [0.15, 0.2) is 0 Å². The number of aromatic nitrogens is 1. The Hall–Kier alpha value is -1.52. The molecule has 0 saturated heterocycles. The van der Waals surface area contributed by atoms with E-state index in [1.54, 1.807) is 6.07 Å². The van der Waals surface area contributed by atoms with E-state index < -0.39 is 11.4 Å². The normalized spacial score (nSPS) is 37.6. The van der Waals surface area contributed by atoms with Gasteiger partial charge >= 0.3 is 5.97 Å². The number of hydrogen-bond donors (Lipinski definition) is 2. The first-order valence-corrected chi connectivity index (χ1v) is 5.08. The standard InChI is InChI=1S/C10H12N2O3/c11-8-2-7(12-15-8)10(9(13)14)3-5-1-6(5)4-10/h2,5-6H,1,3-4,11H2,(H,13,14). The highest BCUT2D eigenvalue weighted by Crippen LogP contribution is 2.60. The Kier molecular flexibility index (Phi) is 1.48. The summed E-state index contributed by atoms with van der Waals surface area (Å²) >= 11 is 0. The fourth-order valence-electron chi connectivity index (χ4n) is 2.80. The van der Waals surface area contributed by atoms with Crippen molar-refractivity contribution in [2.24, 2.45) is 11.8 Å². The zero-order valence-electron chi connectivity index (χ0n) is 8.14. The lowest BCUT2D eigenvalue weighted by molar-refractivity contribution is -0.144. The number of carbonyl (C=O) groups is 1. The number of fused-ring (bicyclic) bond motifs is 1. The molecule has 2 unspecified atom stereocenters. The quantitative estimate of drug-likeness (QED) is 0.757. The van der Waals surface area contributed by atoms with Crippen LogP contribution in [0.2, 0.25) is 0 Å². The van der Waals surface area contributed by atoms with Crippen LogP contribution < -0.4 is 5.73 Å². The summed E-state index contributed by atoms with van der Waals surface area (Å²) in [5, 5.41) is 13.1. The van der Waals surface area contributed by atoms with Gasteiger partial charge in [-0.15, -0.1) is 0 Å². The summed E-state index contributed by atoms with van der Waals surface area (Å²) in [5.74, 6) is 0.521. The molecule has 80 valence electrons. The molecule has 2 atom stereocenters. The molecule has 15 heavy (non-hydrogen) atoms. The van der Waals surface area contributed by atoms with Crippen LogP contribution in [0.4, 0.5) is 5.88 Å². The predicted molar refractivity (Wildman–Crippen MR) is 51.1 cm³/mol. The molecule has 2 saturated carbocycles. The maximum Gasteiger partial charge on any atom is 0.315 e. The second-order valence-corrected chi connectivity index (χ2v) is 4.67. The van der Waals surface area contributed by atoms with Crippen LogP contribution in [0.1, 0.15) is 25.0 Å². The number of nitrogen functional groups attached to an aromatic ring is 1. The van der Waals surface area contributed by atoms with Crippen LogP contribution in [-0.4, -0.2) is 16.2 Å². The average molecular weight is 208 g/mol. The molecule has 1 heterocycles. The van der Waals surface area contributed by atoms with Gasteiger partial charge in [-0.1, -0.05) is 5.16 Å². The number of rotatable bonds is 2. The molecule has 1 aromatic rings. The molecular formula is C10H12N2O3. The second kappa shape index (κ2) is 2.53. The number of nitrogens with two attached hydrogens (primary N) is 1. The predicted octanol–water partition coefficient (Wildman–Crippen LogP) is 1.01. The number of carboxylic acids is 1. The Bertz CT molecular complexity index is 416. The van der Waals surface area contributed by atoms with Crippen LogP contribution in [-0.2, 0) is 10.2 Å². The Morgan fingerprint density at radius 1 is 1.60 bits per heavy atom. The molecule has 3 rings (SSSR count). The minimum Gasteiger partial charge on any atom is -0.481 e. The van der Waals surface area contributed by atoms with E-state index in [-0.39, 0.29) is 5.88 Å². The largest absolute Gasteiger partial charge is 0.481 e. The molecule has 0 radical (unpaired) electrons. The first-order chi connectivity index (χ1) is 7.12. The van der Waals surface area contributed by atoms with Crippen molar-refractivity contribution in [2.75, 3.05) is 5.73 Å². The summed E-state index contributed by atoms with van der Waals surface area (Å²) in [5.41, 5.74) is 5.08. The molecule has 0 spiro atoms. The van der Waals surface area contributed by atoms with Crippen LogP contribution >= 0.6 is 0 Å². The van der Waals surface area contributed by atoms with E-state index in [0.717, 1.165) is 0 Å². The highest BCUT2D eigenvalue weighted by atomic mass is 16.5. The maximum atomic E-state index is 11.4. The summed E-state index contributed by atoms with van der Waals surface area (Å²) in [7, 11) is 0. The number of nitrogens with zero attached hydrogens (tertiary/aromatic N) is 1. The van der Waals surface area contributed by atoms with Crippen molar-refractivity contribution in [3.8, 4) is 0 Å². The van der Waals surface area contributed by atoms with Crippen molar-refractivity contribution < 1.29 is 14.4 Å². The molecule has 2 fully saturated rings. The lowest BCUT2D eigenvalue weighted by Crippen LogP contribution is -2.34. The lowest BCUT2D eigenvalue weighted by Gasteiger charge is -2.22. The van der Waals surface area contributed by atoms with Crippen molar-refractivity contribution in [1.29, 1.82) is 0 Å². The highest BCUT2D eigenvalue weighted by Gasteiger charge is 2.59. The van der Waals surface area contributed by atoms with Crippen molar-refractivity contribution >= 4 is 11.9 Å². The van der Waals surface area contributed by atoms with E-state index in [9.17, 15) is 9.90 Å². The molecule has 0 bridgehead atoms. The van der Waals surface area contributed by atoms with Gasteiger partial charge in [0.25, 0.3) is 0 Å². The molecule has 0 amide bonds. The van der Waals surface area contributed by atoms with E-state index in [1.807, 2.05) is 0 Å². The smallest absolute Gasteiger partial charge is 0.315 e. The molecule has 2 aliphatic rings. The Labute approximate surface area is 86.2 Å². The molecular weight excluding hydrogens is 196 g/mol. The molecule has 0 aliphatic heterocycles. The monoisotopic (exact) mass is 208 g/mol. The summed E-state index contributed by atoms with van der Waals surface area (Å²) in [6, 6.07) is 1.54. The third-order valence-electron chi connectivity index (χ3n) is 3.72. The number of carboxylic acid groups (broad SMARTS) is 1. The molecule has 5 heteroatoms. The highest BCUT2D eigenvalue weighted by molar-refractivity contribution is 5.81. The van der Waals surface area contributed by atoms with Crippen LogP contribution in [0, 0.1) is 11.8 Å². The third kappa shape index (κ3) is 1.09. The second-order valence-electron chi connectivity index (χ2n) is 4.67. The fourth-order valence-corrected chi connectivity index (χ4v) is 2.80. The van der Waals surface area contributed by atoms with E-state index >= 15 is 0 Å². The third-order valence-corrected chi connectivity index (χ3v) is 3.72. The van der Waals surface area contributed by atoms with Crippen LogP contribution in [0.25, 0.3) is 0 Å². The SMILES string of the molecule is Nc1cc(C2(C(=O)O)CC3CC3C2)no1. The van der Waals surface area contributed by atoms with Gasteiger partial charge < -0.3 is 15.4 Å². The minimum atomic E-state index is -0.839. The lowest BCUT2D eigenvalue weighted by atomic mass is 9.80. The Morgan fingerprint density at radius 3 is 2.73 bits per heavy atom. The molecule has 5 nitrogen and oxygen atoms in total. The molecule has 3 N–H and O–H groups in total. The van der Waals surface area contributed by atoms with E-state index in [2.05, 4.69) is 5.16 Å². The minimum absolute atomic E-state index is 0.186. The Morgan fingerprint density at radius 2 is 2.27 bits per heavy atom. The first-order valence-electron chi connectivity index (χ1n) is 5.08. The van der Waals surface area contributed by atoms with E-state index in [0.29, 0.717) is 30.4 Å². The van der Waals surface area contributed by atoms with E-state index in [4.69, 9.17) is 10.3 Å². The van der Waals surface area contributed by atoms with Gasteiger partial charge in [0, 0.05) is 6.07 Å². The molecule has 2 aliphatic carbocycles. The summed E-state index contributed by atoms with van der Waals surface area (Å²) in [4.78, 5) is 11.4. The number of hydrogen-bond acceptors (Lipinski definition) is 4. The van der Waals surface area contributed by atoms with Crippen molar-refractivity contribution in [2.45, 2.75) is 24.7 Å². The van der Waals surface area contributed by atoms with Gasteiger partial charge in [-0.3, -0.25) is 4.79 Å². The van der Waals surface area contributed by atoms with Crippen LogP contribution in [0.5, 0.6) is 0 Å². The van der Waals surface area contributed by atoms with Crippen molar-refractivity contribution in [1.82, 2.24) is 5.16 Å². The van der Waals surface area contributed by atoms with Crippen molar-refractivity contribution in [3.05, 3.63) is 11.8 Å². The Balaban J connectivity index is 2.01. The summed E-state index contributed by atoms with van der Waals surface area (Å²) in [6.45, 7) is 0. The first kappa shape index (κ1) is 8.76. The van der Waals surface area contributed by atoms with Crippen LogP contribution in [0.3, 0.4) is 0 Å². The number of aliphatic carboxylic acids is 1. The maximum absolute atomic E-state index is 11.4. The topological polar surface area (TPSA) is 89.4 Å². The van der Waals surface area contributed by atoms with Crippen molar-refractivity contribution in [3.63, 3.8) is 0 Å². The summed E-state index contributed by atoms with van der Waals surface area (Å²) < 4.78 is 4.77. The van der Waals surface area contributed by atoms with Gasteiger partial charge in [0.2, 0.25) is 5.88 Å². The fraction of sp³-hybridized carbons (Fsp3) is 0.600.